The number of nitrogens with zero attached hydrogens (tertiary/aromatic N) is 1. The van der Waals surface area contributed by atoms with E-state index in [1.807, 2.05) is 29.2 Å². The Balaban J connectivity index is 1.93. The van der Waals surface area contributed by atoms with Gasteiger partial charge in [-0.05, 0) is 18.2 Å². The van der Waals surface area contributed by atoms with Gasteiger partial charge in [0, 0.05) is 36.3 Å². The monoisotopic (exact) mass is 285 g/mol. The zero-order chi connectivity index (χ0) is 14.8. The molecule has 3 rings (SSSR count). The third kappa shape index (κ3) is 2.49. The summed E-state index contributed by atoms with van der Waals surface area (Å²) in [6.07, 6.45) is 0.461. The molecular weight excluding hydrogens is 269 g/mol. The molecule has 108 valence electrons. The molecule has 0 saturated carbocycles. The molecule has 21 heavy (non-hydrogen) atoms. The normalized spacial score (nSPS) is 14.0. The highest BCUT2D eigenvalue weighted by atomic mass is 19.1. The number of benzene rings is 2. The van der Waals surface area contributed by atoms with Crippen molar-refractivity contribution >= 4 is 11.5 Å². The van der Waals surface area contributed by atoms with E-state index in [0.29, 0.717) is 30.6 Å². The second-order valence-electron chi connectivity index (χ2n) is 5.05. The summed E-state index contributed by atoms with van der Waals surface area (Å²) in [5, 5.41) is 0. The largest absolute Gasteiger partial charge is 0.494 e. The summed E-state index contributed by atoms with van der Waals surface area (Å²) in [5.74, 6) is 0.0521. The van der Waals surface area contributed by atoms with Gasteiger partial charge in [0.25, 0.3) is 0 Å². The Hall–Kier alpha value is -2.36. The van der Waals surface area contributed by atoms with E-state index in [1.54, 1.807) is 18.2 Å². The maximum Gasteiger partial charge on any atom is 0.170 e. The Kier molecular flexibility index (Phi) is 3.60. The molecule has 3 nitrogen and oxygen atoms in total. The maximum atomic E-state index is 14.3. The quantitative estimate of drug-likeness (QED) is 0.865. The standard InChI is InChI=1S/C17H16FNO2/c1-21-16-8-4-5-12(17(16)18)11-19-10-9-15(20)13-6-2-3-7-14(13)19/h2-8H,9-11H2,1H3. The molecule has 0 aromatic heterocycles. The SMILES string of the molecule is COc1cccc(CN2CCC(=O)c3ccccc32)c1F. The summed E-state index contributed by atoms with van der Waals surface area (Å²) < 4.78 is 19.3. The van der Waals surface area contributed by atoms with E-state index in [0.717, 1.165) is 5.69 Å². The Labute approximate surface area is 123 Å². The van der Waals surface area contributed by atoms with Crippen molar-refractivity contribution < 1.29 is 13.9 Å². The molecule has 2 aromatic rings. The minimum absolute atomic E-state index is 0.146. The Morgan fingerprint density at radius 2 is 2.00 bits per heavy atom. The number of anilines is 1. The molecule has 0 amide bonds. The zero-order valence-electron chi connectivity index (χ0n) is 11.8. The van der Waals surface area contributed by atoms with Crippen LogP contribution in [0.5, 0.6) is 5.75 Å². The summed E-state index contributed by atoms with van der Waals surface area (Å²) in [4.78, 5) is 14.0. The number of rotatable bonds is 3. The molecule has 0 N–H and O–H groups in total. The molecule has 4 heteroatoms. The van der Waals surface area contributed by atoms with E-state index < -0.39 is 0 Å². The average Bonchev–Trinajstić information content (AvgIpc) is 2.52. The minimum Gasteiger partial charge on any atom is -0.494 e. The van der Waals surface area contributed by atoms with E-state index in [1.165, 1.54) is 7.11 Å². The summed E-state index contributed by atoms with van der Waals surface area (Å²) in [7, 11) is 1.46. The van der Waals surface area contributed by atoms with Gasteiger partial charge < -0.3 is 9.64 Å². The van der Waals surface area contributed by atoms with Crippen molar-refractivity contribution in [2.45, 2.75) is 13.0 Å². The van der Waals surface area contributed by atoms with Crippen LogP contribution in [0.25, 0.3) is 0 Å². The Bertz CT molecular complexity index is 684. The number of ether oxygens (including phenoxy) is 1. The number of carbonyl (C=O) groups excluding carboxylic acids is 1. The van der Waals surface area contributed by atoms with Crippen molar-refractivity contribution in [3.8, 4) is 5.75 Å². The van der Waals surface area contributed by atoms with Crippen molar-refractivity contribution in [2.75, 3.05) is 18.6 Å². The van der Waals surface area contributed by atoms with E-state index in [2.05, 4.69) is 0 Å². The van der Waals surface area contributed by atoms with Gasteiger partial charge in [0.2, 0.25) is 0 Å². The van der Waals surface area contributed by atoms with Crippen LogP contribution in [0.4, 0.5) is 10.1 Å². The van der Waals surface area contributed by atoms with Gasteiger partial charge in [0.05, 0.1) is 7.11 Å². The molecule has 1 aliphatic rings. The number of halogens is 1. The number of carbonyl (C=O) groups is 1. The molecule has 0 saturated heterocycles. The molecular formula is C17H16FNO2. The predicted molar refractivity (Wildman–Crippen MR) is 79.4 cm³/mol. The molecule has 0 unspecified atom stereocenters. The number of para-hydroxylation sites is 1. The number of fused-ring (bicyclic) bond motifs is 1. The van der Waals surface area contributed by atoms with Crippen molar-refractivity contribution in [2.24, 2.45) is 0 Å². The number of hydrogen-bond donors (Lipinski definition) is 0. The third-order valence-corrected chi connectivity index (χ3v) is 3.78. The van der Waals surface area contributed by atoms with Crippen LogP contribution in [0.1, 0.15) is 22.3 Å². The van der Waals surface area contributed by atoms with Gasteiger partial charge in [-0.1, -0.05) is 24.3 Å². The lowest BCUT2D eigenvalue weighted by Crippen LogP contribution is -2.31. The van der Waals surface area contributed by atoms with Gasteiger partial charge in [0.1, 0.15) is 0 Å². The molecule has 1 heterocycles. The van der Waals surface area contributed by atoms with E-state index in [9.17, 15) is 9.18 Å². The third-order valence-electron chi connectivity index (χ3n) is 3.78. The fraction of sp³-hybridized carbons (Fsp3) is 0.235. The first kappa shape index (κ1) is 13.6. The lowest BCUT2D eigenvalue weighted by molar-refractivity contribution is 0.0979. The fourth-order valence-corrected chi connectivity index (χ4v) is 2.68. The highest BCUT2D eigenvalue weighted by Gasteiger charge is 2.23. The van der Waals surface area contributed by atoms with Gasteiger partial charge in [-0.2, -0.15) is 0 Å². The van der Waals surface area contributed by atoms with Crippen LogP contribution >= 0.6 is 0 Å². The molecule has 0 spiro atoms. The number of ketones is 1. The molecule has 0 radical (unpaired) electrons. The molecule has 0 fully saturated rings. The van der Waals surface area contributed by atoms with Crippen molar-refractivity contribution in [1.82, 2.24) is 0 Å². The first-order valence-corrected chi connectivity index (χ1v) is 6.89. The van der Waals surface area contributed by atoms with Crippen molar-refractivity contribution in [3.05, 3.63) is 59.4 Å². The van der Waals surface area contributed by atoms with E-state index >= 15 is 0 Å². The number of hydrogen-bond acceptors (Lipinski definition) is 3. The molecule has 0 aliphatic carbocycles. The van der Waals surface area contributed by atoms with Crippen molar-refractivity contribution in [1.29, 1.82) is 0 Å². The number of Topliss-reactive ketones (excluding diaryl/α,β-unsaturated/α-hetero) is 1. The molecule has 1 aliphatic heterocycles. The second kappa shape index (κ2) is 5.56. The lowest BCUT2D eigenvalue weighted by Gasteiger charge is -2.30. The average molecular weight is 285 g/mol. The van der Waals surface area contributed by atoms with Gasteiger partial charge in [-0.25, -0.2) is 4.39 Å². The van der Waals surface area contributed by atoms with Crippen LogP contribution < -0.4 is 9.64 Å². The van der Waals surface area contributed by atoms with Gasteiger partial charge in [-0.3, -0.25) is 4.79 Å². The molecule has 2 aromatic carbocycles. The minimum atomic E-state index is -0.339. The molecule has 0 atom stereocenters. The smallest absolute Gasteiger partial charge is 0.170 e. The van der Waals surface area contributed by atoms with Gasteiger partial charge >= 0.3 is 0 Å². The van der Waals surface area contributed by atoms with E-state index in [-0.39, 0.29) is 17.3 Å². The molecule has 0 bridgehead atoms. The van der Waals surface area contributed by atoms with Crippen LogP contribution in [0.3, 0.4) is 0 Å². The summed E-state index contributed by atoms with van der Waals surface area (Å²) in [6, 6.07) is 12.6. The van der Waals surface area contributed by atoms with Crippen molar-refractivity contribution in [3.63, 3.8) is 0 Å². The second-order valence-corrected chi connectivity index (χ2v) is 5.05. The van der Waals surface area contributed by atoms with Crippen LogP contribution in [0.2, 0.25) is 0 Å². The van der Waals surface area contributed by atoms with Gasteiger partial charge in [-0.15, -0.1) is 0 Å². The highest BCUT2D eigenvalue weighted by Crippen LogP contribution is 2.29. The summed E-state index contributed by atoms with van der Waals surface area (Å²) in [6.45, 7) is 1.03. The fourth-order valence-electron chi connectivity index (χ4n) is 2.68. The first-order chi connectivity index (χ1) is 10.2. The first-order valence-electron chi connectivity index (χ1n) is 6.89. The number of methoxy groups -OCH3 is 1. The lowest BCUT2D eigenvalue weighted by atomic mass is 10.00. The Morgan fingerprint density at radius 3 is 2.81 bits per heavy atom. The summed E-state index contributed by atoms with van der Waals surface area (Å²) in [5.41, 5.74) is 2.15. The summed E-state index contributed by atoms with van der Waals surface area (Å²) >= 11 is 0. The highest BCUT2D eigenvalue weighted by molar-refractivity contribution is 6.03. The van der Waals surface area contributed by atoms with Crippen LogP contribution in [0.15, 0.2) is 42.5 Å². The van der Waals surface area contributed by atoms with Crippen LogP contribution in [-0.2, 0) is 6.54 Å². The van der Waals surface area contributed by atoms with Crippen LogP contribution in [-0.4, -0.2) is 19.4 Å². The zero-order valence-corrected chi connectivity index (χ0v) is 11.8. The van der Waals surface area contributed by atoms with Crippen LogP contribution in [0, 0.1) is 5.82 Å². The topological polar surface area (TPSA) is 29.5 Å². The van der Waals surface area contributed by atoms with Gasteiger partial charge in [0.15, 0.2) is 17.3 Å². The van der Waals surface area contributed by atoms with E-state index in [4.69, 9.17) is 4.74 Å². The maximum absolute atomic E-state index is 14.3. The predicted octanol–water partition coefficient (Wildman–Crippen LogP) is 3.43. The Morgan fingerprint density at radius 1 is 1.19 bits per heavy atom.